The summed E-state index contributed by atoms with van der Waals surface area (Å²) in [7, 11) is 0. The second kappa shape index (κ2) is 6.70. The van der Waals surface area contributed by atoms with Gasteiger partial charge in [-0.25, -0.2) is 4.98 Å². The molecule has 0 saturated carbocycles. The number of hydrogen-bond donors (Lipinski definition) is 2. The number of amides is 1. The summed E-state index contributed by atoms with van der Waals surface area (Å²) in [5.41, 5.74) is 3.83. The van der Waals surface area contributed by atoms with Gasteiger partial charge in [-0.15, -0.1) is 11.3 Å². The Kier molecular flexibility index (Phi) is 4.64. The van der Waals surface area contributed by atoms with Crippen LogP contribution in [-0.4, -0.2) is 15.9 Å². The second-order valence-electron chi connectivity index (χ2n) is 5.57. The zero-order valence-electron chi connectivity index (χ0n) is 13.6. The Bertz CT molecular complexity index is 939. The van der Waals surface area contributed by atoms with Crippen LogP contribution in [0.2, 0.25) is 0 Å². The van der Waals surface area contributed by atoms with E-state index in [1.54, 1.807) is 11.3 Å². The van der Waals surface area contributed by atoms with Gasteiger partial charge < -0.3 is 10.3 Å². The number of aryl methyl sites for hydroxylation is 3. The topological polar surface area (TPSA) is 74.8 Å². The summed E-state index contributed by atoms with van der Waals surface area (Å²) in [4.78, 5) is 32.3. The van der Waals surface area contributed by atoms with Gasteiger partial charge in [0.1, 0.15) is 9.88 Å². The monoisotopic (exact) mass is 359 g/mol. The molecule has 3 aromatic rings. The highest BCUT2D eigenvalue weighted by atomic mass is 32.1. The number of aromatic amines is 1. The van der Waals surface area contributed by atoms with Crippen molar-refractivity contribution in [2.45, 2.75) is 27.3 Å². The van der Waals surface area contributed by atoms with Crippen molar-refractivity contribution in [3.8, 4) is 10.6 Å². The Balaban J connectivity index is 1.78. The fourth-order valence-electron chi connectivity index (χ4n) is 2.47. The van der Waals surface area contributed by atoms with Crippen LogP contribution >= 0.6 is 22.7 Å². The molecule has 0 atom stereocenters. The predicted molar refractivity (Wildman–Crippen MR) is 97.9 cm³/mol. The molecular weight excluding hydrogens is 342 g/mol. The van der Waals surface area contributed by atoms with Crippen molar-refractivity contribution in [2.24, 2.45) is 0 Å². The molecule has 7 heteroatoms. The number of carbonyl (C=O) groups is 1. The molecule has 0 saturated heterocycles. The number of hydrogen-bond acceptors (Lipinski definition) is 5. The number of nitrogens with zero attached hydrogens (tertiary/aromatic N) is 1. The lowest BCUT2D eigenvalue weighted by atomic mass is 10.1. The highest BCUT2D eigenvalue weighted by Crippen LogP contribution is 2.29. The average Bonchev–Trinajstić information content (AvgIpc) is 3.14. The molecule has 0 aliphatic heterocycles. The van der Waals surface area contributed by atoms with Crippen LogP contribution in [0.4, 0.5) is 0 Å². The van der Waals surface area contributed by atoms with Gasteiger partial charge in [0.2, 0.25) is 0 Å². The van der Waals surface area contributed by atoms with Gasteiger partial charge in [0, 0.05) is 28.7 Å². The number of pyridine rings is 1. The molecule has 3 aromatic heterocycles. The fourth-order valence-corrected chi connectivity index (χ4v) is 4.16. The van der Waals surface area contributed by atoms with Crippen molar-refractivity contribution >= 4 is 28.6 Å². The van der Waals surface area contributed by atoms with Gasteiger partial charge in [-0.05, 0) is 43.8 Å². The minimum atomic E-state index is -0.203. The van der Waals surface area contributed by atoms with Crippen molar-refractivity contribution in [1.29, 1.82) is 0 Å². The maximum atomic E-state index is 12.5. The fraction of sp³-hybridized carbons (Fsp3) is 0.235. The predicted octanol–water partition coefficient (Wildman–Crippen LogP) is 3.42. The summed E-state index contributed by atoms with van der Waals surface area (Å²) in [5.74, 6) is -0.203. The number of aromatic nitrogens is 2. The Morgan fingerprint density at radius 2 is 2.12 bits per heavy atom. The van der Waals surface area contributed by atoms with Gasteiger partial charge in [0.15, 0.2) is 0 Å². The number of thiazole rings is 1. The number of H-pyrrole nitrogens is 1. The average molecular weight is 359 g/mol. The van der Waals surface area contributed by atoms with Crippen LogP contribution in [0.15, 0.2) is 27.7 Å². The highest BCUT2D eigenvalue weighted by molar-refractivity contribution is 7.17. The molecular formula is C17H17N3O2S2. The number of nitrogens with one attached hydrogen (secondary N) is 2. The molecule has 0 radical (unpaired) electrons. The molecule has 2 N–H and O–H groups in total. The van der Waals surface area contributed by atoms with Crippen LogP contribution in [0, 0.1) is 20.8 Å². The SMILES string of the molecule is Cc1cc(C)c(CNC(=O)c2sc(-c3ccsc3)nc2C)c(=O)[nH]1. The van der Waals surface area contributed by atoms with Gasteiger partial charge in [-0.3, -0.25) is 9.59 Å². The van der Waals surface area contributed by atoms with Gasteiger partial charge in [0.05, 0.1) is 5.69 Å². The Labute approximate surface area is 147 Å². The van der Waals surface area contributed by atoms with E-state index in [2.05, 4.69) is 15.3 Å². The van der Waals surface area contributed by atoms with Crippen LogP contribution in [0.25, 0.3) is 10.6 Å². The minimum Gasteiger partial charge on any atom is -0.347 e. The zero-order chi connectivity index (χ0) is 17.3. The molecule has 3 rings (SSSR count). The van der Waals surface area contributed by atoms with E-state index in [-0.39, 0.29) is 18.0 Å². The maximum absolute atomic E-state index is 12.5. The molecule has 0 aromatic carbocycles. The molecule has 5 nitrogen and oxygen atoms in total. The van der Waals surface area contributed by atoms with Gasteiger partial charge in [-0.2, -0.15) is 11.3 Å². The van der Waals surface area contributed by atoms with Gasteiger partial charge in [0.25, 0.3) is 11.5 Å². The quantitative estimate of drug-likeness (QED) is 0.749. The van der Waals surface area contributed by atoms with E-state index >= 15 is 0 Å². The van der Waals surface area contributed by atoms with E-state index in [1.165, 1.54) is 11.3 Å². The normalized spacial score (nSPS) is 10.8. The summed E-state index contributed by atoms with van der Waals surface area (Å²) >= 11 is 2.97. The van der Waals surface area contributed by atoms with Crippen LogP contribution in [0.1, 0.15) is 32.2 Å². The zero-order valence-corrected chi connectivity index (χ0v) is 15.2. The Morgan fingerprint density at radius 3 is 2.79 bits per heavy atom. The first-order valence-electron chi connectivity index (χ1n) is 7.43. The van der Waals surface area contributed by atoms with Gasteiger partial charge in [-0.1, -0.05) is 0 Å². The van der Waals surface area contributed by atoms with Crippen molar-refractivity contribution in [1.82, 2.24) is 15.3 Å². The third kappa shape index (κ3) is 3.32. The molecule has 124 valence electrons. The molecule has 0 fully saturated rings. The standard InChI is InChI=1S/C17H17N3O2S2/c1-9-6-10(2)19-15(21)13(9)7-18-16(22)14-11(3)20-17(24-14)12-4-5-23-8-12/h4-6,8H,7H2,1-3H3,(H,18,22)(H,19,21). The van der Waals surface area contributed by atoms with E-state index in [0.29, 0.717) is 16.1 Å². The van der Waals surface area contributed by atoms with E-state index < -0.39 is 0 Å². The molecule has 0 aliphatic rings. The number of thiophene rings is 1. The van der Waals surface area contributed by atoms with Crippen LogP contribution in [-0.2, 0) is 6.54 Å². The minimum absolute atomic E-state index is 0.159. The lowest BCUT2D eigenvalue weighted by molar-refractivity contribution is 0.0954. The van der Waals surface area contributed by atoms with Crippen LogP contribution in [0.5, 0.6) is 0 Å². The van der Waals surface area contributed by atoms with Crippen molar-refractivity contribution in [3.63, 3.8) is 0 Å². The second-order valence-corrected chi connectivity index (χ2v) is 7.35. The molecule has 1 amide bonds. The Hall–Kier alpha value is -2.25. The first-order valence-corrected chi connectivity index (χ1v) is 9.19. The van der Waals surface area contributed by atoms with Crippen molar-refractivity contribution in [2.75, 3.05) is 0 Å². The molecule has 24 heavy (non-hydrogen) atoms. The maximum Gasteiger partial charge on any atom is 0.263 e. The molecule has 0 aliphatic carbocycles. The number of rotatable bonds is 4. The van der Waals surface area contributed by atoms with Crippen LogP contribution in [0.3, 0.4) is 0 Å². The summed E-state index contributed by atoms with van der Waals surface area (Å²) < 4.78 is 0. The van der Waals surface area contributed by atoms with Crippen molar-refractivity contribution in [3.05, 3.63) is 60.6 Å². The highest BCUT2D eigenvalue weighted by Gasteiger charge is 2.17. The molecule has 3 heterocycles. The van der Waals surface area contributed by atoms with E-state index in [0.717, 1.165) is 21.8 Å². The first kappa shape index (κ1) is 16.6. The summed E-state index contributed by atoms with van der Waals surface area (Å²) in [6.07, 6.45) is 0. The third-order valence-corrected chi connectivity index (χ3v) is 5.58. The lowest BCUT2D eigenvalue weighted by Gasteiger charge is -2.07. The molecule has 0 bridgehead atoms. The van der Waals surface area contributed by atoms with Gasteiger partial charge >= 0.3 is 0 Å². The smallest absolute Gasteiger partial charge is 0.263 e. The molecule has 0 unspecified atom stereocenters. The first-order chi connectivity index (χ1) is 11.5. The largest absolute Gasteiger partial charge is 0.347 e. The van der Waals surface area contributed by atoms with Crippen molar-refractivity contribution < 1.29 is 4.79 Å². The third-order valence-electron chi connectivity index (χ3n) is 3.69. The summed E-state index contributed by atoms with van der Waals surface area (Å²) in [5, 5.41) is 7.66. The molecule has 0 spiro atoms. The summed E-state index contributed by atoms with van der Waals surface area (Å²) in [6.45, 7) is 5.73. The van der Waals surface area contributed by atoms with E-state index in [1.807, 2.05) is 43.7 Å². The lowest BCUT2D eigenvalue weighted by Crippen LogP contribution is -2.27. The van der Waals surface area contributed by atoms with E-state index in [9.17, 15) is 9.59 Å². The van der Waals surface area contributed by atoms with E-state index in [4.69, 9.17) is 0 Å². The number of carbonyl (C=O) groups excluding carboxylic acids is 1. The van der Waals surface area contributed by atoms with Crippen LogP contribution < -0.4 is 10.9 Å². The summed E-state index contributed by atoms with van der Waals surface area (Å²) in [6, 6.07) is 3.88. The Morgan fingerprint density at radius 1 is 1.33 bits per heavy atom.